The third-order valence-corrected chi connectivity index (χ3v) is 8.49. The molecule has 0 saturated heterocycles. The van der Waals surface area contributed by atoms with E-state index in [1.807, 2.05) is 0 Å². The third kappa shape index (κ3) is 4.27. The summed E-state index contributed by atoms with van der Waals surface area (Å²) >= 11 is 0. The molecule has 34 heavy (non-hydrogen) atoms. The summed E-state index contributed by atoms with van der Waals surface area (Å²) in [6.45, 7) is 3.24. The first-order valence-electron chi connectivity index (χ1n) is 10.1. The van der Waals surface area contributed by atoms with Crippen LogP contribution in [0.2, 0.25) is 0 Å². The monoisotopic (exact) mass is 498 g/mol. The number of halogens is 3. The van der Waals surface area contributed by atoms with Crippen molar-refractivity contribution in [2.24, 2.45) is 10.7 Å². The van der Waals surface area contributed by atoms with Crippen LogP contribution in [0.4, 0.5) is 18.9 Å². The molecule has 182 valence electrons. The molecular formula is C21H21F3N4O5S. The number of benzene rings is 1. The number of carbonyl (C=O) groups excluding carboxylic acids is 1. The van der Waals surface area contributed by atoms with Crippen molar-refractivity contribution in [1.82, 2.24) is 4.98 Å². The molecule has 3 N–H and O–H groups in total. The van der Waals surface area contributed by atoms with Gasteiger partial charge in [-0.1, -0.05) is 0 Å². The highest BCUT2D eigenvalue weighted by atomic mass is 32.2. The number of alkyl halides is 3. The van der Waals surface area contributed by atoms with E-state index in [9.17, 15) is 26.4 Å². The second kappa shape index (κ2) is 7.86. The van der Waals surface area contributed by atoms with E-state index < -0.39 is 38.1 Å². The quantitative estimate of drug-likeness (QED) is 0.665. The number of nitrogens with two attached hydrogens (primary N) is 1. The van der Waals surface area contributed by atoms with E-state index in [-0.39, 0.29) is 30.3 Å². The Bertz CT molecular complexity index is 1280. The summed E-state index contributed by atoms with van der Waals surface area (Å²) in [7, 11) is -3.66. The minimum absolute atomic E-state index is 0.00796. The molecule has 3 heterocycles. The minimum atomic E-state index is -4.87. The number of amides is 1. The number of pyridine rings is 1. The lowest BCUT2D eigenvalue weighted by Crippen LogP contribution is -2.56. The van der Waals surface area contributed by atoms with Crippen LogP contribution in [0.3, 0.4) is 0 Å². The number of rotatable bonds is 3. The van der Waals surface area contributed by atoms with Gasteiger partial charge in [0.2, 0.25) is 0 Å². The van der Waals surface area contributed by atoms with E-state index in [1.54, 1.807) is 18.2 Å². The Hall–Kier alpha value is -3.35. The number of fused-ring (bicyclic) bond motifs is 2. The lowest BCUT2D eigenvalue weighted by atomic mass is 9.85. The number of sulfone groups is 1. The number of amidine groups is 1. The Morgan fingerprint density at radius 3 is 2.59 bits per heavy atom. The summed E-state index contributed by atoms with van der Waals surface area (Å²) in [5, 5.41) is 2.60. The molecule has 1 atom stereocenters. The molecule has 0 fully saturated rings. The van der Waals surface area contributed by atoms with Gasteiger partial charge >= 0.3 is 6.36 Å². The van der Waals surface area contributed by atoms with Crippen molar-refractivity contribution in [3.8, 4) is 11.5 Å². The molecule has 13 heteroatoms. The van der Waals surface area contributed by atoms with E-state index in [4.69, 9.17) is 10.5 Å². The van der Waals surface area contributed by atoms with Crippen molar-refractivity contribution in [2.45, 2.75) is 36.9 Å². The average Bonchev–Trinajstić information content (AvgIpc) is 2.72. The second-order valence-electron chi connectivity index (χ2n) is 8.49. The predicted octanol–water partition coefficient (Wildman–Crippen LogP) is 2.77. The highest BCUT2D eigenvalue weighted by Gasteiger charge is 2.52. The van der Waals surface area contributed by atoms with Crippen LogP contribution in [0.5, 0.6) is 11.5 Å². The molecular weight excluding hydrogens is 477 g/mol. The lowest BCUT2D eigenvalue weighted by molar-refractivity contribution is -0.274. The van der Waals surface area contributed by atoms with Crippen LogP contribution < -0.4 is 20.5 Å². The number of anilines is 1. The van der Waals surface area contributed by atoms with E-state index in [0.717, 1.165) is 18.3 Å². The number of aromatic nitrogens is 1. The van der Waals surface area contributed by atoms with Crippen LogP contribution in [0, 0.1) is 0 Å². The van der Waals surface area contributed by atoms with Gasteiger partial charge in [0.15, 0.2) is 9.84 Å². The SMILES string of the molecule is CC1(C)C(N)=NC2(CCOc3ccc(NC(=O)c4ccc(OC(F)(F)F)cn4)cc32)CS1(=O)=O. The van der Waals surface area contributed by atoms with Gasteiger partial charge in [0.25, 0.3) is 5.91 Å². The number of hydrogen-bond acceptors (Lipinski definition) is 8. The number of nitrogens with zero attached hydrogens (tertiary/aromatic N) is 2. The average molecular weight is 498 g/mol. The summed E-state index contributed by atoms with van der Waals surface area (Å²) in [5.74, 6) is -1.11. The number of aliphatic imine (C=N–C) groups is 1. The summed E-state index contributed by atoms with van der Waals surface area (Å²) in [6.07, 6.45) is -3.82. The number of nitrogens with one attached hydrogen (secondary N) is 1. The lowest BCUT2D eigenvalue weighted by Gasteiger charge is -2.42. The number of ether oxygens (including phenoxy) is 2. The van der Waals surface area contributed by atoms with Gasteiger partial charge in [-0.3, -0.25) is 9.79 Å². The smallest absolute Gasteiger partial charge is 0.493 e. The second-order valence-corrected chi connectivity index (χ2v) is 11.0. The molecule has 1 aromatic heterocycles. The molecule has 0 saturated carbocycles. The zero-order valence-electron chi connectivity index (χ0n) is 18.1. The van der Waals surface area contributed by atoms with Crippen molar-refractivity contribution in [3.63, 3.8) is 0 Å². The highest BCUT2D eigenvalue weighted by molar-refractivity contribution is 7.93. The Kier molecular flexibility index (Phi) is 5.50. The Labute approximate surface area is 193 Å². The molecule has 1 unspecified atom stereocenters. The Morgan fingerprint density at radius 2 is 1.97 bits per heavy atom. The molecule has 0 radical (unpaired) electrons. The van der Waals surface area contributed by atoms with Gasteiger partial charge in [0.05, 0.1) is 18.6 Å². The highest BCUT2D eigenvalue weighted by Crippen LogP contribution is 2.46. The third-order valence-electron chi connectivity index (χ3n) is 5.87. The summed E-state index contributed by atoms with van der Waals surface area (Å²) in [4.78, 5) is 20.9. The van der Waals surface area contributed by atoms with Crippen molar-refractivity contribution < 1.29 is 35.9 Å². The van der Waals surface area contributed by atoms with Crippen LogP contribution in [0.25, 0.3) is 0 Å². The number of carbonyl (C=O) groups is 1. The predicted molar refractivity (Wildman–Crippen MR) is 117 cm³/mol. The van der Waals surface area contributed by atoms with Crippen LogP contribution in [0.15, 0.2) is 41.5 Å². The first-order chi connectivity index (χ1) is 15.7. The zero-order chi connectivity index (χ0) is 24.9. The van der Waals surface area contributed by atoms with E-state index in [0.29, 0.717) is 17.0 Å². The van der Waals surface area contributed by atoms with Crippen LogP contribution >= 0.6 is 0 Å². The van der Waals surface area contributed by atoms with E-state index in [1.165, 1.54) is 13.8 Å². The zero-order valence-corrected chi connectivity index (χ0v) is 19.0. The summed E-state index contributed by atoms with van der Waals surface area (Å²) in [6, 6.07) is 6.73. The molecule has 1 spiro atoms. The number of hydrogen-bond donors (Lipinski definition) is 2. The van der Waals surface area contributed by atoms with Gasteiger partial charge in [-0.15, -0.1) is 13.2 Å². The molecule has 1 aromatic carbocycles. The molecule has 2 aliphatic heterocycles. The van der Waals surface area contributed by atoms with Gasteiger partial charge in [-0.2, -0.15) is 0 Å². The van der Waals surface area contributed by atoms with Crippen molar-refractivity contribution >= 4 is 27.3 Å². The molecule has 4 rings (SSSR count). The van der Waals surface area contributed by atoms with Gasteiger partial charge in [-0.25, -0.2) is 13.4 Å². The topological polar surface area (TPSA) is 133 Å². The minimum Gasteiger partial charge on any atom is -0.493 e. The first kappa shape index (κ1) is 23.8. The fourth-order valence-corrected chi connectivity index (χ4v) is 5.50. The van der Waals surface area contributed by atoms with Crippen LogP contribution in [-0.2, 0) is 15.4 Å². The summed E-state index contributed by atoms with van der Waals surface area (Å²) in [5.41, 5.74) is 5.50. The maximum Gasteiger partial charge on any atom is 0.573 e. The van der Waals surface area contributed by atoms with Crippen LogP contribution in [0.1, 0.15) is 36.3 Å². The van der Waals surface area contributed by atoms with Gasteiger partial charge in [-0.05, 0) is 44.2 Å². The maximum absolute atomic E-state index is 13.0. The van der Waals surface area contributed by atoms with Crippen molar-refractivity contribution in [1.29, 1.82) is 0 Å². The maximum atomic E-state index is 13.0. The van der Waals surface area contributed by atoms with Crippen LogP contribution in [-0.4, -0.2) is 48.6 Å². The molecule has 0 aliphatic carbocycles. The molecule has 1 amide bonds. The molecule has 0 bridgehead atoms. The molecule has 2 aromatic rings. The fraction of sp³-hybridized carbons (Fsp3) is 0.381. The standard InChI is InChI=1S/C21H21F3N4O5S/c1-19(2)18(25)28-20(11-34(19,30)31)7-8-32-16-6-3-12(9-14(16)20)27-17(29)15-5-4-13(10-26-15)33-21(22,23)24/h3-6,9-10H,7-8,11H2,1-2H3,(H2,25,28)(H,27,29). The summed E-state index contributed by atoms with van der Waals surface area (Å²) < 4.78 is 71.0. The van der Waals surface area contributed by atoms with Crippen molar-refractivity contribution in [3.05, 3.63) is 47.8 Å². The Morgan fingerprint density at radius 1 is 1.24 bits per heavy atom. The van der Waals surface area contributed by atoms with Gasteiger partial charge in [0.1, 0.15) is 33.3 Å². The van der Waals surface area contributed by atoms with Crippen molar-refractivity contribution in [2.75, 3.05) is 17.7 Å². The normalized spacial score (nSPS) is 22.8. The molecule has 9 nitrogen and oxygen atoms in total. The van der Waals surface area contributed by atoms with E-state index in [2.05, 4.69) is 20.0 Å². The van der Waals surface area contributed by atoms with Gasteiger partial charge < -0.3 is 20.5 Å². The Balaban J connectivity index is 1.63. The first-order valence-corrected chi connectivity index (χ1v) is 11.8. The fourth-order valence-electron chi connectivity index (χ4n) is 3.78. The molecule has 2 aliphatic rings. The van der Waals surface area contributed by atoms with E-state index >= 15 is 0 Å². The van der Waals surface area contributed by atoms with Gasteiger partial charge in [0, 0.05) is 17.7 Å². The largest absolute Gasteiger partial charge is 0.573 e.